The first-order chi connectivity index (χ1) is 6.72. The van der Waals surface area contributed by atoms with Gasteiger partial charge in [-0.2, -0.15) is 0 Å². The molecule has 0 fully saturated rings. The molecule has 1 rings (SSSR count). The summed E-state index contributed by atoms with van der Waals surface area (Å²) in [6.07, 6.45) is 4.51. The van der Waals surface area contributed by atoms with Crippen LogP contribution in [0, 0.1) is 0 Å². The zero-order chi connectivity index (χ0) is 10.4. The highest BCUT2D eigenvalue weighted by molar-refractivity contribution is 6.03. The smallest absolute Gasteiger partial charge is 0.313 e. The van der Waals surface area contributed by atoms with Crippen molar-refractivity contribution in [1.82, 2.24) is 4.98 Å². The molecule has 0 amide bonds. The Bertz CT molecular complexity index is 338. The molecule has 1 N–H and O–H groups in total. The normalized spacial score (nSPS) is 10.4. The Morgan fingerprint density at radius 2 is 2.36 bits per heavy atom. The van der Waals surface area contributed by atoms with E-state index in [0.717, 1.165) is 5.69 Å². The summed E-state index contributed by atoms with van der Waals surface area (Å²) in [6.45, 7) is 0. The predicted molar refractivity (Wildman–Crippen MR) is 51.5 cm³/mol. The van der Waals surface area contributed by atoms with Gasteiger partial charge in [-0.1, -0.05) is 0 Å². The van der Waals surface area contributed by atoms with Gasteiger partial charge in [0.25, 0.3) is 0 Å². The van der Waals surface area contributed by atoms with Gasteiger partial charge in [-0.15, -0.1) is 0 Å². The minimum Gasteiger partial charge on any atom is -0.469 e. The Kier molecular flexibility index (Phi) is 3.67. The lowest BCUT2D eigenvalue weighted by molar-refractivity contribution is -0.142. The molecule has 0 bridgehead atoms. The summed E-state index contributed by atoms with van der Waals surface area (Å²) < 4.78 is 4.36. The van der Waals surface area contributed by atoms with Gasteiger partial charge in [0.05, 0.1) is 7.11 Å². The highest BCUT2D eigenvalue weighted by Gasteiger charge is 2.05. The molecule has 1 heterocycles. The van der Waals surface area contributed by atoms with Crippen molar-refractivity contribution in [3.63, 3.8) is 0 Å². The highest BCUT2D eigenvalue weighted by atomic mass is 16.5. The minimum atomic E-state index is -0.522. The number of ether oxygens (including phenoxy) is 1. The lowest BCUT2D eigenvalue weighted by atomic mass is 10.2. The Morgan fingerprint density at radius 1 is 1.57 bits per heavy atom. The van der Waals surface area contributed by atoms with E-state index in [1.54, 1.807) is 12.3 Å². The average Bonchev–Trinajstić information content (AvgIpc) is 2.67. The molecule has 74 valence electrons. The molecule has 4 nitrogen and oxygen atoms in total. The minimum absolute atomic E-state index is 0.215. The standard InChI is InChI=1S/C10H11NO3/c1-14-10(13)7-9(12)5-4-8-3-2-6-11-8/h2-6,11H,7H2,1H3/b5-4+. The van der Waals surface area contributed by atoms with E-state index in [1.165, 1.54) is 13.2 Å². The fourth-order valence-electron chi connectivity index (χ4n) is 0.904. The third-order valence-electron chi connectivity index (χ3n) is 1.62. The summed E-state index contributed by atoms with van der Waals surface area (Å²) in [4.78, 5) is 24.7. The molecule has 0 radical (unpaired) electrons. The predicted octanol–water partition coefficient (Wildman–Crippen LogP) is 1.16. The molecule has 0 aliphatic heterocycles. The van der Waals surface area contributed by atoms with E-state index in [0.29, 0.717) is 0 Å². The zero-order valence-electron chi connectivity index (χ0n) is 7.82. The summed E-state index contributed by atoms with van der Waals surface area (Å²) in [6, 6.07) is 3.65. The van der Waals surface area contributed by atoms with Crippen molar-refractivity contribution in [2.45, 2.75) is 6.42 Å². The number of ketones is 1. The largest absolute Gasteiger partial charge is 0.469 e. The Morgan fingerprint density at radius 3 is 2.93 bits per heavy atom. The SMILES string of the molecule is COC(=O)CC(=O)/C=C/c1ccc[nH]1. The average molecular weight is 193 g/mol. The zero-order valence-corrected chi connectivity index (χ0v) is 7.82. The molecule has 4 heteroatoms. The van der Waals surface area contributed by atoms with Crippen LogP contribution in [-0.2, 0) is 14.3 Å². The summed E-state index contributed by atoms with van der Waals surface area (Å²) in [5.41, 5.74) is 0.822. The number of nitrogens with one attached hydrogen (secondary N) is 1. The van der Waals surface area contributed by atoms with Gasteiger partial charge >= 0.3 is 5.97 Å². The highest BCUT2D eigenvalue weighted by Crippen LogP contribution is 1.98. The van der Waals surface area contributed by atoms with Crippen LogP contribution >= 0.6 is 0 Å². The van der Waals surface area contributed by atoms with Gasteiger partial charge < -0.3 is 9.72 Å². The number of H-pyrrole nitrogens is 1. The third kappa shape index (κ3) is 3.26. The molecule has 0 aliphatic carbocycles. The quantitative estimate of drug-likeness (QED) is 0.443. The summed E-state index contributed by atoms with van der Waals surface area (Å²) in [5, 5.41) is 0. The number of esters is 1. The Balaban J connectivity index is 2.45. The first-order valence-corrected chi connectivity index (χ1v) is 4.13. The van der Waals surface area contributed by atoms with Gasteiger partial charge in [0.1, 0.15) is 6.42 Å². The van der Waals surface area contributed by atoms with Crippen molar-refractivity contribution in [2.75, 3.05) is 7.11 Å². The number of hydrogen-bond donors (Lipinski definition) is 1. The van der Waals surface area contributed by atoms with Crippen molar-refractivity contribution in [2.24, 2.45) is 0 Å². The second kappa shape index (κ2) is 5.01. The number of allylic oxidation sites excluding steroid dienone is 1. The molecule has 0 atom stereocenters. The van der Waals surface area contributed by atoms with Crippen LogP contribution < -0.4 is 0 Å². The van der Waals surface area contributed by atoms with Crippen LogP contribution in [-0.4, -0.2) is 23.8 Å². The van der Waals surface area contributed by atoms with E-state index in [4.69, 9.17) is 0 Å². The molecular weight excluding hydrogens is 182 g/mol. The van der Waals surface area contributed by atoms with E-state index in [2.05, 4.69) is 9.72 Å². The molecule has 0 unspecified atom stereocenters. The van der Waals surface area contributed by atoms with Crippen molar-refractivity contribution in [3.8, 4) is 0 Å². The Hall–Kier alpha value is -1.84. The number of hydrogen-bond acceptors (Lipinski definition) is 3. The first-order valence-electron chi connectivity index (χ1n) is 4.13. The lowest BCUT2D eigenvalue weighted by Crippen LogP contribution is -2.06. The van der Waals surface area contributed by atoms with Crippen LogP contribution in [0.1, 0.15) is 12.1 Å². The number of aromatic nitrogens is 1. The number of rotatable bonds is 4. The molecule has 0 aliphatic rings. The summed E-state index contributed by atoms with van der Waals surface area (Å²) in [7, 11) is 1.25. The third-order valence-corrected chi connectivity index (χ3v) is 1.62. The molecule has 0 saturated carbocycles. The van der Waals surface area contributed by atoms with E-state index in [9.17, 15) is 9.59 Å². The van der Waals surface area contributed by atoms with Crippen molar-refractivity contribution in [1.29, 1.82) is 0 Å². The maximum atomic E-state index is 11.1. The van der Waals surface area contributed by atoms with Crippen LogP contribution in [0.15, 0.2) is 24.4 Å². The van der Waals surface area contributed by atoms with E-state index in [-0.39, 0.29) is 12.2 Å². The van der Waals surface area contributed by atoms with Crippen LogP contribution in [0.2, 0.25) is 0 Å². The van der Waals surface area contributed by atoms with Gasteiger partial charge in [-0.05, 0) is 24.3 Å². The van der Waals surface area contributed by atoms with Crippen LogP contribution in [0.5, 0.6) is 0 Å². The van der Waals surface area contributed by atoms with Crippen molar-refractivity contribution < 1.29 is 14.3 Å². The van der Waals surface area contributed by atoms with E-state index >= 15 is 0 Å². The number of carbonyl (C=O) groups excluding carboxylic acids is 2. The second-order valence-corrected chi connectivity index (χ2v) is 2.68. The van der Waals surface area contributed by atoms with Crippen LogP contribution in [0.3, 0.4) is 0 Å². The van der Waals surface area contributed by atoms with Crippen molar-refractivity contribution >= 4 is 17.8 Å². The second-order valence-electron chi connectivity index (χ2n) is 2.68. The van der Waals surface area contributed by atoms with Gasteiger partial charge in [-0.25, -0.2) is 0 Å². The molecular formula is C10H11NO3. The van der Waals surface area contributed by atoms with E-state index in [1.807, 2.05) is 12.1 Å². The number of methoxy groups -OCH3 is 1. The molecule has 0 aromatic carbocycles. The maximum Gasteiger partial charge on any atom is 0.313 e. The van der Waals surface area contributed by atoms with Gasteiger partial charge in [0.2, 0.25) is 0 Å². The molecule has 1 aromatic heterocycles. The van der Waals surface area contributed by atoms with Gasteiger partial charge in [0, 0.05) is 11.9 Å². The summed E-state index contributed by atoms with van der Waals surface area (Å²) in [5.74, 6) is -0.794. The molecule has 0 spiro atoms. The number of carbonyl (C=O) groups is 2. The summed E-state index contributed by atoms with van der Waals surface area (Å²) >= 11 is 0. The molecule has 0 saturated heterocycles. The first kappa shape index (κ1) is 10.2. The van der Waals surface area contributed by atoms with Crippen LogP contribution in [0.4, 0.5) is 0 Å². The fraction of sp³-hybridized carbons (Fsp3) is 0.200. The van der Waals surface area contributed by atoms with Crippen molar-refractivity contribution in [3.05, 3.63) is 30.1 Å². The van der Waals surface area contributed by atoms with Gasteiger partial charge in [-0.3, -0.25) is 9.59 Å². The lowest BCUT2D eigenvalue weighted by Gasteiger charge is -1.93. The molecule has 1 aromatic rings. The number of aromatic amines is 1. The Labute approximate surface area is 81.6 Å². The van der Waals surface area contributed by atoms with Crippen LogP contribution in [0.25, 0.3) is 6.08 Å². The maximum absolute atomic E-state index is 11.1. The van der Waals surface area contributed by atoms with E-state index < -0.39 is 5.97 Å². The molecule has 14 heavy (non-hydrogen) atoms. The topological polar surface area (TPSA) is 59.2 Å². The van der Waals surface area contributed by atoms with Gasteiger partial charge in [0.15, 0.2) is 5.78 Å². The monoisotopic (exact) mass is 193 g/mol. The fourth-order valence-corrected chi connectivity index (χ4v) is 0.904.